The molecule has 0 aromatic heterocycles. The lowest BCUT2D eigenvalue weighted by Gasteiger charge is -2.28. The Morgan fingerprint density at radius 1 is 0.786 bits per heavy atom. The Labute approximate surface area is 174 Å². The maximum absolute atomic E-state index is 9.87. The highest BCUT2D eigenvalue weighted by molar-refractivity contribution is 7.44. The van der Waals surface area contributed by atoms with Crippen molar-refractivity contribution in [3.63, 3.8) is 0 Å². The van der Waals surface area contributed by atoms with Crippen molar-refractivity contribution in [2.75, 3.05) is 40.4 Å². The Hall–Kier alpha value is 0.0300. The van der Waals surface area contributed by atoms with E-state index in [1.54, 1.807) is 0 Å². The van der Waals surface area contributed by atoms with Crippen molar-refractivity contribution in [2.45, 2.75) is 97.3 Å². The molecule has 2 N–H and O–H groups in total. The maximum atomic E-state index is 9.87. The number of likely N-dealkylation sites (N-methyl/N-ethyl adjacent to an activating group) is 1. The zero-order valence-corrected chi connectivity index (χ0v) is 19.9. The summed E-state index contributed by atoms with van der Waals surface area (Å²) in [5.74, 6) is 0. The number of rotatable bonds is 18. The number of hydrogen-bond donors (Lipinski definition) is 2. The van der Waals surface area contributed by atoms with Gasteiger partial charge in [-0.25, -0.2) is 0 Å². The van der Waals surface area contributed by atoms with Crippen LogP contribution < -0.4 is 4.89 Å². The minimum absolute atomic E-state index is 0.0772. The quantitative estimate of drug-likeness (QED) is 0.190. The van der Waals surface area contributed by atoms with Gasteiger partial charge in [0.25, 0.3) is 7.82 Å². The van der Waals surface area contributed by atoms with Crippen LogP contribution in [0.3, 0.4) is 0 Å². The van der Waals surface area contributed by atoms with Crippen molar-refractivity contribution >= 4 is 7.82 Å². The van der Waals surface area contributed by atoms with Gasteiger partial charge in [0.05, 0.1) is 33.9 Å². The van der Waals surface area contributed by atoms with E-state index in [-0.39, 0.29) is 6.61 Å². The lowest BCUT2D eigenvalue weighted by Crippen LogP contribution is -2.42. The summed E-state index contributed by atoms with van der Waals surface area (Å²) in [6.07, 6.45) is 17.0. The van der Waals surface area contributed by atoms with Gasteiger partial charge >= 0.3 is 0 Å². The van der Waals surface area contributed by atoms with Gasteiger partial charge < -0.3 is 23.9 Å². The molecule has 1 atom stereocenters. The Balaban J connectivity index is 0. The Morgan fingerprint density at radius 3 is 1.61 bits per heavy atom. The standard InChI is InChI=1S/C17H38NO.C4H11O4P/c1-4-5-6-7-8-9-10-11-12-13-14-15-18(2,3)16-17-19;1-2-3-4-8-9(5,6)7/h19H,4-17H2,1-3H3;2-4H2,1H3,(H2,5,6,7)/q+1;/p-1. The van der Waals surface area contributed by atoms with Gasteiger partial charge in [0.15, 0.2) is 0 Å². The first kappa shape index (κ1) is 30.2. The molecule has 0 spiro atoms. The minimum Gasteiger partial charge on any atom is -0.756 e. The van der Waals surface area contributed by atoms with Gasteiger partial charge in [-0.05, 0) is 19.3 Å². The number of phosphoric acid groups is 1. The third-order valence-electron chi connectivity index (χ3n) is 4.82. The lowest BCUT2D eigenvalue weighted by atomic mass is 10.1. The van der Waals surface area contributed by atoms with Gasteiger partial charge in [0.1, 0.15) is 6.54 Å². The number of quaternary nitrogens is 1. The molecule has 0 saturated heterocycles. The molecule has 7 heteroatoms. The van der Waals surface area contributed by atoms with Crippen LogP contribution >= 0.6 is 7.82 Å². The second-order valence-electron chi connectivity index (χ2n) is 8.30. The molecule has 0 rings (SSSR count). The molecule has 6 nitrogen and oxygen atoms in total. The number of nitrogens with zero attached hydrogens (tertiary/aromatic N) is 1. The summed E-state index contributed by atoms with van der Waals surface area (Å²) < 4.78 is 14.9. The van der Waals surface area contributed by atoms with Gasteiger partial charge in [0.2, 0.25) is 0 Å². The summed E-state index contributed by atoms with van der Waals surface area (Å²) in [6.45, 7) is 6.66. The first-order valence-electron chi connectivity index (χ1n) is 11.3. The third-order valence-corrected chi connectivity index (χ3v) is 5.33. The van der Waals surface area contributed by atoms with Crippen LogP contribution in [0.4, 0.5) is 0 Å². The second kappa shape index (κ2) is 20.3. The van der Waals surface area contributed by atoms with E-state index < -0.39 is 7.82 Å². The van der Waals surface area contributed by atoms with Crippen molar-refractivity contribution in [3.8, 4) is 0 Å². The van der Waals surface area contributed by atoms with Crippen LogP contribution in [0.2, 0.25) is 0 Å². The number of aliphatic hydroxyl groups is 1. The van der Waals surface area contributed by atoms with E-state index in [1.807, 2.05) is 6.92 Å². The second-order valence-corrected chi connectivity index (χ2v) is 9.49. The molecule has 0 amide bonds. The first-order valence-corrected chi connectivity index (χ1v) is 12.8. The fraction of sp³-hybridized carbons (Fsp3) is 1.00. The molecule has 0 heterocycles. The van der Waals surface area contributed by atoms with Crippen LogP contribution in [0.1, 0.15) is 97.3 Å². The van der Waals surface area contributed by atoms with Crippen LogP contribution in [-0.4, -0.2) is 54.9 Å². The molecule has 0 aliphatic carbocycles. The lowest BCUT2D eigenvalue weighted by molar-refractivity contribution is -0.890. The van der Waals surface area contributed by atoms with Gasteiger partial charge in [-0.3, -0.25) is 4.57 Å². The smallest absolute Gasteiger partial charge is 0.265 e. The van der Waals surface area contributed by atoms with Crippen LogP contribution in [0, 0.1) is 0 Å². The first-order chi connectivity index (χ1) is 13.2. The number of unbranched alkanes of at least 4 members (excludes halogenated alkanes) is 11. The highest BCUT2D eigenvalue weighted by Crippen LogP contribution is 2.30. The molecular weight excluding hydrogens is 377 g/mol. The summed E-state index contributed by atoms with van der Waals surface area (Å²) in [5.41, 5.74) is 0. The van der Waals surface area contributed by atoms with Crippen molar-refractivity contribution in [1.29, 1.82) is 0 Å². The molecule has 0 radical (unpaired) electrons. The summed E-state index contributed by atoms with van der Waals surface area (Å²) in [6, 6.07) is 0. The van der Waals surface area contributed by atoms with E-state index in [2.05, 4.69) is 25.5 Å². The van der Waals surface area contributed by atoms with Crippen molar-refractivity contribution < 1.29 is 28.5 Å². The molecular formula is C21H48NO5P. The molecule has 0 aromatic rings. The summed E-state index contributed by atoms with van der Waals surface area (Å²) in [7, 11) is -0.0158. The molecule has 0 aromatic carbocycles. The molecule has 0 aliphatic rings. The summed E-state index contributed by atoms with van der Waals surface area (Å²) >= 11 is 0. The zero-order chi connectivity index (χ0) is 21.7. The molecule has 1 unspecified atom stereocenters. The Bertz CT molecular complexity index is 361. The topological polar surface area (TPSA) is 89.8 Å². The van der Waals surface area contributed by atoms with Crippen LogP contribution in [0.25, 0.3) is 0 Å². The van der Waals surface area contributed by atoms with Crippen molar-refractivity contribution in [1.82, 2.24) is 0 Å². The molecule has 172 valence electrons. The third kappa shape index (κ3) is 28.2. The van der Waals surface area contributed by atoms with Crippen LogP contribution in [0.5, 0.6) is 0 Å². The van der Waals surface area contributed by atoms with Gasteiger partial charge in [-0.1, -0.05) is 78.1 Å². The molecule has 0 fully saturated rings. The molecule has 0 bridgehead atoms. The average molecular weight is 426 g/mol. The van der Waals surface area contributed by atoms with Gasteiger partial charge in [-0.15, -0.1) is 0 Å². The van der Waals surface area contributed by atoms with Crippen LogP contribution in [0.15, 0.2) is 0 Å². The molecule has 0 saturated carbocycles. The van der Waals surface area contributed by atoms with Gasteiger partial charge in [0, 0.05) is 0 Å². The van der Waals surface area contributed by atoms with Crippen molar-refractivity contribution in [2.24, 2.45) is 0 Å². The van der Waals surface area contributed by atoms with E-state index in [0.29, 0.717) is 13.0 Å². The average Bonchev–Trinajstić information content (AvgIpc) is 2.59. The predicted octanol–water partition coefficient (Wildman–Crippen LogP) is 4.63. The number of phosphoric ester groups is 1. The van der Waals surface area contributed by atoms with E-state index in [1.165, 1.54) is 77.2 Å². The van der Waals surface area contributed by atoms with E-state index >= 15 is 0 Å². The fourth-order valence-corrected chi connectivity index (χ4v) is 3.27. The molecule has 0 aliphatic heterocycles. The Kier molecular flexibility index (Phi) is 21.9. The highest BCUT2D eigenvalue weighted by Gasteiger charge is 2.12. The van der Waals surface area contributed by atoms with E-state index in [9.17, 15) is 9.46 Å². The van der Waals surface area contributed by atoms with E-state index in [0.717, 1.165) is 17.4 Å². The fourth-order valence-electron chi connectivity index (χ4n) is 2.91. The summed E-state index contributed by atoms with van der Waals surface area (Å²) in [4.78, 5) is 17.9. The van der Waals surface area contributed by atoms with Crippen molar-refractivity contribution in [3.05, 3.63) is 0 Å². The largest absolute Gasteiger partial charge is 0.756 e. The van der Waals surface area contributed by atoms with Crippen LogP contribution in [-0.2, 0) is 9.09 Å². The predicted molar refractivity (Wildman–Crippen MR) is 116 cm³/mol. The molecule has 28 heavy (non-hydrogen) atoms. The van der Waals surface area contributed by atoms with E-state index in [4.69, 9.17) is 10.00 Å². The maximum Gasteiger partial charge on any atom is 0.265 e. The van der Waals surface area contributed by atoms with Gasteiger partial charge in [-0.2, -0.15) is 0 Å². The zero-order valence-electron chi connectivity index (χ0n) is 19.0. The summed E-state index contributed by atoms with van der Waals surface area (Å²) in [5, 5.41) is 8.96. The normalized spacial score (nSPS) is 13.7. The monoisotopic (exact) mass is 425 g/mol. The minimum atomic E-state index is -4.45. The Morgan fingerprint density at radius 2 is 1.21 bits per heavy atom. The number of aliphatic hydroxyl groups excluding tert-OH is 1. The SMILES string of the molecule is CCCCCCCCCCCCC[N+](C)(C)CCO.CCCCOP(=O)([O-])O. The highest BCUT2D eigenvalue weighted by atomic mass is 31.2. The number of hydrogen-bond acceptors (Lipinski definition) is 4.